The first-order valence-electron chi connectivity index (χ1n) is 19.0. The Balaban J connectivity index is 1.03. The van der Waals surface area contributed by atoms with E-state index in [0.29, 0.717) is 17.5 Å². The highest BCUT2D eigenvalue weighted by Gasteiger charge is 2.20. The van der Waals surface area contributed by atoms with Crippen molar-refractivity contribution in [3.8, 4) is 51.0 Å². The molecule has 0 unspecified atom stereocenters. The maximum atomic E-state index is 5.03. The Hall–Kier alpha value is -7.63. The van der Waals surface area contributed by atoms with Gasteiger partial charge in [0.1, 0.15) is 0 Å². The van der Waals surface area contributed by atoms with Gasteiger partial charge in [-0.1, -0.05) is 133 Å². The number of nitrogens with zero attached hydrogens (tertiary/aromatic N) is 5. The summed E-state index contributed by atoms with van der Waals surface area (Å²) in [6.07, 6.45) is 0. The molecule has 260 valence electrons. The van der Waals surface area contributed by atoms with Crippen molar-refractivity contribution in [1.82, 2.24) is 23.9 Å². The van der Waals surface area contributed by atoms with Gasteiger partial charge in [-0.25, -0.2) is 15.0 Å². The average molecular weight is 714 g/mol. The van der Waals surface area contributed by atoms with Gasteiger partial charge in [-0.2, -0.15) is 0 Å². The molecule has 0 amide bonds. The molecule has 56 heavy (non-hydrogen) atoms. The number of aromatic nitrogens is 5. The first-order chi connectivity index (χ1) is 27.8. The maximum absolute atomic E-state index is 5.03. The quantitative estimate of drug-likeness (QED) is 0.178. The molecular formula is C51H31N5. The van der Waals surface area contributed by atoms with Crippen LogP contribution in [0.15, 0.2) is 188 Å². The Bertz CT molecular complexity index is 3330. The molecule has 0 atom stereocenters. The van der Waals surface area contributed by atoms with E-state index in [1.807, 2.05) is 60.7 Å². The van der Waals surface area contributed by atoms with Crippen molar-refractivity contribution in [1.29, 1.82) is 0 Å². The van der Waals surface area contributed by atoms with Gasteiger partial charge in [-0.05, 0) is 65.7 Å². The lowest BCUT2D eigenvalue weighted by Crippen LogP contribution is -2.01. The van der Waals surface area contributed by atoms with Crippen molar-refractivity contribution >= 4 is 59.9 Å². The highest BCUT2D eigenvalue weighted by Crippen LogP contribution is 2.43. The van der Waals surface area contributed by atoms with Crippen LogP contribution in [0.3, 0.4) is 0 Å². The molecule has 5 nitrogen and oxygen atoms in total. The summed E-state index contributed by atoms with van der Waals surface area (Å²) < 4.78 is 4.80. The number of rotatable bonds is 5. The van der Waals surface area contributed by atoms with Crippen LogP contribution in [0.4, 0.5) is 0 Å². The third-order valence-corrected chi connectivity index (χ3v) is 11.3. The second-order valence-electron chi connectivity index (χ2n) is 14.5. The molecule has 4 aromatic heterocycles. The third-order valence-electron chi connectivity index (χ3n) is 11.3. The Morgan fingerprint density at radius 3 is 1.36 bits per heavy atom. The lowest BCUT2D eigenvalue weighted by molar-refractivity contribution is 1.07. The molecule has 0 aliphatic carbocycles. The largest absolute Gasteiger partial charge is 0.309 e. The van der Waals surface area contributed by atoms with Crippen LogP contribution < -0.4 is 0 Å². The molecule has 4 heterocycles. The lowest BCUT2D eigenvalue weighted by Gasteiger charge is -2.12. The standard InChI is InChI=1S/C51H31N5/c1-3-14-32(15-4-1)49-52-50(33-16-5-2-6-17-33)54-51(53-49)35-18-13-19-37(28-35)55-44-23-10-7-20-38(44)41-29-34(26-27-47(41)55)36-30-42-39-21-8-11-24-45(39)56-46-25-12-9-22-40(46)43(31-36)48(42)56/h1-31H. The molecular weight excluding hydrogens is 683 g/mol. The summed E-state index contributed by atoms with van der Waals surface area (Å²) in [6, 6.07) is 66.7. The Kier molecular flexibility index (Phi) is 6.56. The third kappa shape index (κ3) is 4.58. The van der Waals surface area contributed by atoms with Gasteiger partial charge < -0.3 is 8.97 Å². The summed E-state index contributed by atoms with van der Waals surface area (Å²) in [5.41, 5.74) is 12.4. The van der Waals surface area contributed by atoms with Crippen LogP contribution in [0, 0.1) is 0 Å². The smallest absolute Gasteiger partial charge is 0.164 e. The summed E-state index contributed by atoms with van der Waals surface area (Å²) in [6.45, 7) is 0. The topological polar surface area (TPSA) is 48.0 Å². The van der Waals surface area contributed by atoms with Gasteiger partial charge in [0.2, 0.25) is 0 Å². The zero-order valence-electron chi connectivity index (χ0n) is 30.1. The molecule has 5 heteroatoms. The van der Waals surface area contributed by atoms with Crippen LogP contribution >= 0.6 is 0 Å². The van der Waals surface area contributed by atoms with E-state index in [1.165, 1.54) is 60.0 Å². The predicted molar refractivity (Wildman–Crippen MR) is 231 cm³/mol. The summed E-state index contributed by atoms with van der Waals surface area (Å²) in [4.78, 5) is 15.0. The first-order valence-corrected chi connectivity index (χ1v) is 19.0. The summed E-state index contributed by atoms with van der Waals surface area (Å²) >= 11 is 0. The van der Waals surface area contributed by atoms with Gasteiger partial charge in [-0.3, -0.25) is 0 Å². The number of benzene rings is 8. The fourth-order valence-corrected chi connectivity index (χ4v) is 8.77. The Morgan fingerprint density at radius 1 is 0.286 bits per heavy atom. The molecule has 8 aromatic carbocycles. The van der Waals surface area contributed by atoms with Crippen molar-refractivity contribution in [3.63, 3.8) is 0 Å². The van der Waals surface area contributed by atoms with Gasteiger partial charge in [-0.15, -0.1) is 0 Å². The fraction of sp³-hybridized carbons (Fsp3) is 0. The van der Waals surface area contributed by atoms with E-state index in [1.54, 1.807) is 0 Å². The number of hydrogen-bond donors (Lipinski definition) is 0. The minimum Gasteiger partial charge on any atom is -0.309 e. The Morgan fingerprint density at radius 2 is 0.750 bits per heavy atom. The molecule has 0 bridgehead atoms. The molecule has 0 aliphatic heterocycles. The van der Waals surface area contributed by atoms with Gasteiger partial charge in [0.15, 0.2) is 17.5 Å². The van der Waals surface area contributed by atoms with E-state index >= 15 is 0 Å². The zero-order chi connectivity index (χ0) is 36.7. The molecule has 0 spiro atoms. The van der Waals surface area contributed by atoms with E-state index in [9.17, 15) is 0 Å². The zero-order valence-corrected chi connectivity index (χ0v) is 30.1. The molecule has 12 rings (SSSR count). The van der Waals surface area contributed by atoms with E-state index in [4.69, 9.17) is 15.0 Å². The number of hydrogen-bond acceptors (Lipinski definition) is 3. The Labute approximate surface area is 321 Å². The van der Waals surface area contributed by atoms with Gasteiger partial charge >= 0.3 is 0 Å². The monoisotopic (exact) mass is 713 g/mol. The van der Waals surface area contributed by atoms with Crippen LogP contribution in [0.2, 0.25) is 0 Å². The van der Waals surface area contributed by atoms with Crippen LogP contribution in [-0.2, 0) is 0 Å². The number of fused-ring (bicyclic) bond motifs is 9. The summed E-state index contributed by atoms with van der Waals surface area (Å²) in [7, 11) is 0. The lowest BCUT2D eigenvalue weighted by atomic mass is 9.98. The van der Waals surface area contributed by atoms with Gasteiger partial charge in [0.05, 0.1) is 27.6 Å². The summed E-state index contributed by atoms with van der Waals surface area (Å²) in [5.74, 6) is 1.93. The maximum Gasteiger partial charge on any atom is 0.164 e. The first kappa shape index (κ1) is 30.8. The van der Waals surface area contributed by atoms with E-state index in [0.717, 1.165) is 33.4 Å². The average Bonchev–Trinajstić information content (AvgIpc) is 3.91. The van der Waals surface area contributed by atoms with Crippen molar-refractivity contribution < 1.29 is 0 Å². The summed E-state index contributed by atoms with van der Waals surface area (Å²) in [5, 5.41) is 7.55. The van der Waals surface area contributed by atoms with Crippen molar-refractivity contribution in [2.75, 3.05) is 0 Å². The SMILES string of the molecule is c1ccc(-c2nc(-c3ccccc3)nc(-c3cccc(-n4c5ccccc5c5cc(-c6cc7c8ccccc8n8c9ccccc9c(c6)c78)ccc54)c3)n2)cc1. The van der Waals surface area contributed by atoms with Crippen molar-refractivity contribution in [3.05, 3.63) is 188 Å². The van der Waals surface area contributed by atoms with Crippen LogP contribution in [0.5, 0.6) is 0 Å². The molecule has 0 saturated carbocycles. The van der Waals surface area contributed by atoms with Crippen molar-refractivity contribution in [2.45, 2.75) is 0 Å². The minimum atomic E-state index is 0.633. The number of para-hydroxylation sites is 3. The van der Waals surface area contributed by atoms with Gasteiger partial charge in [0, 0.05) is 54.7 Å². The molecule has 0 aliphatic rings. The van der Waals surface area contributed by atoms with Crippen LogP contribution in [0.1, 0.15) is 0 Å². The van der Waals surface area contributed by atoms with Gasteiger partial charge in [0.25, 0.3) is 0 Å². The second kappa shape index (κ2) is 11.9. The van der Waals surface area contributed by atoms with Crippen LogP contribution in [-0.4, -0.2) is 23.9 Å². The second-order valence-corrected chi connectivity index (χ2v) is 14.5. The highest BCUT2D eigenvalue weighted by molar-refractivity contribution is 6.24. The van der Waals surface area contributed by atoms with Crippen LogP contribution in [0.25, 0.3) is 111 Å². The molecule has 0 radical (unpaired) electrons. The normalized spacial score (nSPS) is 11.9. The predicted octanol–water partition coefficient (Wildman–Crippen LogP) is 12.8. The fourth-order valence-electron chi connectivity index (χ4n) is 8.77. The minimum absolute atomic E-state index is 0.633. The van der Waals surface area contributed by atoms with E-state index < -0.39 is 0 Å². The van der Waals surface area contributed by atoms with E-state index in [2.05, 4.69) is 136 Å². The molecule has 0 N–H and O–H groups in total. The molecule has 0 saturated heterocycles. The van der Waals surface area contributed by atoms with Crippen molar-refractivity contribution in [2.24, 2.45) is 0 Å². The molecule has 12 aromatic rings. The molecule has 0 fully saturated rings. The highest BCUT2D eigenvalue weighted by atomic mass is 15.0. The van der Waals surface area contributed by atoms with E-state index in [-0.39, 0.29) is 0 Å².